The van der Waals surface area contributed by atoms with Crippen LogP contribution in [0.2, 0.25) is 0 Å². The van der Waals surface area contributed by atoms with Gasteiger partial charge in [-0.25, -0.2) is 0 Å². The summed E-state index contributed by atoms with van der Waals surface area (Å²) < 4.78 is 4.81. The highest BCUT2D eigenvalue weighted by atomic mass is 16.6. The van der Waals surface area contributed by atoms with Gasteiger partial charge in [-0.15, -0.1) is 0 Å². The second-order valence-electron chi connectivity index (χ2n) is 5.54. The number of rotatable bonds is 9. The number of hydrogen-bond acceptors (Lipinski definition) is 6. The average Bonchev–Trinajstić information content (AvgIpc) is 2.52. The van der Waals surface area contributed by atoms with E-state index in [-0.39, 0.29) is 25.1 Å². The number of nitro groups is 1. The number of carbonyl (C=O) groups is 3. The molecule has 0 unspecified atom stereocenters. The van der Waals surface area contributed by atoms with Gasteiger partial charge in [0.25, 0.3) is 5.69 Å². The van der Waals surface area contributed by atoms with Gasteiger partial charge in [-0.05, 0) is 18.4 Å². The van der Waals surface area contributed by atoms with Crippen LogP contribution in [0, 0.1) is 16.0 Å². The summed E-state index contributed by atoms with van der Waals surface area (Å²) in [4.78, 5) is 45.4. The SMILES string of the molecule is CCOC(=O)C[C@@H](C)[C@H](NC(=O)Cc1cccc([N+](=O)[O-])c1)C(N)=O. The molecule has 136 valence electrons. The van der Waals surface area contributed by atoms with Crippen molar-refractivity contribution in [2.45, 2.75) is 32.7 Å². The zero-order valence-corrected chi connectivity index (χ0v) is 14.1. The van der Waals surface area contributed by atoms with Crippen LogP contribution in [0.25, 0.3) is 0 Å². The molecule has 0 aliphatic carbocycles. The molecule has 0 spiro atoms. The van der Waals surface area contributed by atoms with E-state index in [0.29, 0.717) is 5.56 Å². The van der Waals surface area contributed by atoms with Crippen molar-refractivity contribution in [2.24, 2.45) is 11.7 Å². The maximum atomic E-state index is 12.1. The fourth-order valence-electron chi connectivity index (χ4n) is 2.28. The van der Waals surface area contributed by atoms with Crippen LogP contribution < -0.4 is 11.1 Å². The summed E-state index contributed by atoms with van der Waals surface area (Å²) in [6.07, 6.45) is -0.226. The second kappa shape index (κ2) is 9.36. The Kier molecular flexibility index (Phi) is 7.51. The zero-order chi connectivity index (χ0) is 19.0. The first-order valence-corrected chi connectivity index (χ1v) is 7.72. The van der Waals surface area contributed by atoms with Crippen molar-refractivity contribution in [1.82, 2.24) is 5.32 Å². The first-order chi connectivity index (χ1) is 11.7. The van der Waals surface area contributed by atoms with E-state index in [0.717, 1.165) is 0 Å². The summed E-state index contributed by atoms with van der Waals surface area (Å²) in [7, 11) is 0. The van der Waals surface area contributed by atoms with Crippen LogP contribution in [0.1, 0.15) is 25.8 Å². The van der Waals surface area contributed by atoms with Crippen LogP contribution in [-0.4, -0.2) is 35.4 Å². The summed E-state index contributed by atoms with van der Waals surface area (Å²) in [5.41, 5.74) is 5.59. The fraction of sp³-hybridized carbons (Fsp3) is 0.438. The largest absolute Gasteiger partial charge is 0.466 e. The van der Waals surface area contributed by atoms with Gasteiger partial charge >= 0.3 is 5.97 Å². The number of nitrogens with two attached hydrogens (primary N) is 1. The van der Waals surface area contributed by atoms with Gasteiger partial charge < -0.3 is 15.8 Å². The summed E-state index contributed by atoms with van der Waals surface area (Å²) in [6, 6.07) is 4.58. The molecule has 2 atom stereocenters. The highest BCUT2D eigenvalue weighted by Gasteiger charge is 2.27. The lowest BCUT2D eigenvalue weighted by atomic mass is 9.97. The topological polar surface area (TPSA) is 142 Å². The van der Waals surface area contributed by atoms with Crippen molar-refractivity contribution in [3.05, 3.63) is 39.9 Å². The Morgan fingerprint density at radius 1 is 1.36 bits per heavy atom. The van der Waals surface area contributed by atoms with Gasteiger partial charge in [0, 0.05) is 12.1 Å². The fourth-order valence-corrected chi connectivity index (χ4v) is 2.28. The van der Waals surface area contributed by atoms with Gasteiger partial charge in [0.1, 0.15) is 6.04 Å². The summed E-state index contributed by atoms with van der Waals surface area (Å²) in [5, 5.41) is 13.2. The number of non-ortho nitro benzene ring substituents is 1. The maximum absolute atomic E-state index is 12.1. The molecule has 1 rings (SSSR count). The molecule has 0 aromatic heterocycles. The van der Waals surface area contributed by atoms with Gasteiger partial charge in [0.05, 0.1) is 24.4 Å². The molecular weight excluding hydrogens is 330 g/mol. The monoisotopic (exact) mass is 351 g/mol. The molecule has 2 amide bonds. The van der Waals surface area contributed by atoms with Crippen molar-refractivity contribution >= 4 is 23.5 Å². The van der Waals surface area contributed by atoms with Crippen molar-refractivity contribution in [1.29, 1.82) is 0 Å². The highest BCUT2D eigenvalue weighted by Crippen LogP contribution is 2.14. The molecule has 9 nitrogen and oxygen atoms in total. The van der Waals surface area contributed by atoms with Crippen LogP contribution >= 0.6 is 0 Å². The van der Waals surface area contributed by atoms with Gasteiger partial charge in [-0.3, -0.25) is 24.5 Å². The Morgan fingerprint density at radius 3 is 2.60 bits per heavy atom. The molecule has 0 saturated carbocycles. The minimum Gasteiger partial charge on any atom is -0.466 e. The van der Waals surface area contributed by atoms with Crippen LogP contribution in [0.5, 0.6) is 0 Å². The third kappa shape index (κ3) is 6.58. The summed E-state index contributed by atoms with van der Waals surface area (Å²) >= 11 is 0. The van der Waals surface area contributed by atoms with E-state index < -0.39 is 34.7 Å². The van der Waals surface area contributed by atoms with Crippen molar-refractivity contribution < 1.29 is 24.0 Å². The van der Waals surface area contributed by atoms with E-state index >= 15 is 0 Å². The Hall–Kier alpha value is -2.97. The van der Waals surface area contributed by atoms with Crippen LogP contribution in [0.4, 0.5) is 5.69 Å². The number of benzene rings is 1. The number of nitrogens with one attached hydrogen (secondary N) is 1. The molecule has 1 aromatic rings. The van der Waals surface area contributed by atoms with E-state index in [1.165, 1.54) is 18.2 Å². The third-order valence-corrected chi connectivity index (χ3v) is 3.47. The Morgan fingerprint density at radius 2 is 2.04 bits per heavy atom. The predicted molar refractivity (Wildman–Crippen MR) is 88.3 cm³/mol. The standard InChI is InChI=1S/C16H21N3O6/c1-3-25-14(21)7-10(2)15(16(17)22)18-13(20)9-11-5-4-6-12(8-11)19(23)24/h4-6,8,10,15H,3,7,9H2,1-2H3,(H2,17,22)(H,18,20)/t10-,15+/m1/s1. The Bertz CT molecular complexity index is 661. The Labute approximate surface area is 144 Å². The third-order valence-electron chi connectivity index (χ3n) is 3.47. The molecule has 0 saturated heterocycles. The van der Waals surface area contributed by atoms with Crippen molar-refractivity contribution in [2.75, 3.05) is 6.61 Å². The first kappa shape index (κ1) is 20.1. The lowest BCUT2D eigenvalue weighted by Gasteiger charge is -2.21. The minimum atomic E-state index is -1.05. The predicted octanol–water partition coefficient (Wildman–Crippen LogP) is 0.697. The normalized spacial score (nSPS) is 12.7. The number of nitro benzene ring substituents is 1. The number of esters is 1. The van der Waals surface area contributed by atoms with Crippen LogP contribution in [-0.2, 0) is 25.5 Å². The minimum absolute atomic E-state index is 0.0709. The molecule has 1 aromatic carbocycles. The molecule has 9 heteroatoms. The number of carbonyl (C=O) groups excluding carboxylic acids is 3. The molecule has 0 radical (unpaired) electrons. The highest BCUT2D eigenvalue weighted by molar-refractivity contribution is 5.88. The molecule has 25 heavy (non-hydrogen) atoms. The maximum Gasteiger partial charge on any atom is 0.306 e. The number of amides is 2. The number of primary amides is 1. The molecule has 0 aliphatic rings. The molecule has 0 aliphatic heterocycles. The van der Waals surface area contributed by atoms with Gasteiger partial charge in [-0.2, -0.15) is 0 Å². The lowest BCUT2D eigenvalue weighted by molar-refractivity contribution is -0.384. The quantitative estimate of drug-likeness (QED) is 0.381. The van der Waals surface area contributed by atoms with E-state index in [1.54, 1.807) is 19.9 Å². The first-order valence-electron chi connectivity index (χ1n) is 7.72. The summed E-state index contributed by atoms with van der Waals surface area (Å²) in [6.45, 7) is 3.47. The van der Waals surface area contributed by atoms with Gasteiger partial charge in [0.2, 0.25) is 11.8 Å². The van der Waals surface area contributed by atoms with Gasteiger partial charge in [-0.1, -0.05) is 19.1 Å². The molecule has 0 heterocycles. The zero-order valence-electron chi connectivity index (χ0n) is 14.1. The molecule has 0 bridgehead atoms. The van der Waals surface area contributed by atoms with E-state index in [1.807, 2.05) is 0 Å². The van der Waals surface area contributed by atoms with Crippen LogP contribution in [0.15, 0.2) is 24.3 Å². The molecular formula is C16H21N3O6. The van der Waals surface area contributed by atoms with Crippen molar-refractivity contribution in [3.8, 4) is 0 Å². The van der Waals surface area contributed by atoms with E-state index in [2.05, 4.69) is 5.32 Å². The molecule has 3 N–H and O–H groups in total. The smallest absolute Gasteiger partial charge is 0.306 e. The van der Waals surface area contributed by atoms with E-state index in [4.69, 9.17) is 10.5 Å². The average molecular weight is 351 g/mol. The number of hydrogen-bond donors (Lipinski definition) is 2. The van der Waals surface area contributed by atoms with Gasteiger partial charge in [0.15, 0.2) is 0 Å². The number of ether oxygens (including phenoxy) is 1. The van der Waals surface area contributed by atoms with Crippen molar-refractivity contribution in [3.63, 3.8) is 0 Å². The second-order valence-corrected chi connectivity index (χ2v) is 5.54. The van der Waals surface area contributed by atoms with E-state index in [9.17, 15) is 24.5 Å². The Balaban J connectivity index is 2.73. The summed E-state index contributed by atoms with van der Waals surface area (Å²) in [5.74, 6) is -2.34. The number of nitrogens with zero attached hydrogens (tertiary/aromatic N) is 1. The lowest BCUT2D eigenvalue weighted by Crippen LogP contribution is -2.49. The van der Waals surface area contributed by atoms with Crippen LogP contribution in [0.3, 0.4) is 0 Å². The molecule has 0 fully saturated rings.